The van der Waals surface area contributed by atoms with E-state index in [-0.39, 0.29) is 12.5 Å². The summed E-state index contributed by atoms with van der Waals surface area (Å²) in [7, 11) is 0. The maximum Gasteiger partial charge on any atom is 0.264 e. The van der Waals surface area contributed by atoms with E-state index in [0.717, 1.165) is 22.8 Å². The number of hydrogen-bond donors (Lipinski definition) is 1. The number of carbonyl (C=O) groups is 1. The number of aryl methyl sites for hydroxylation is 2. The predicted molar refractivity (Wildman–Crippen MR) is 94.9 cm³/mol. The number of anilines is 1. The first-order chi connectivity index (χ1) is 11.5. The van der Waals surface area contributed by atoms with E-state index in [4.69, 9.17) is 20.8 Å². The zero-order valence-electron chi connectivity index (χ0n) is 13.1. The molecule has 1 aromatic carbocycles. The summed E-state index contributed by atoms with van der Waals surface area (Å²) in [6.45, 7) is 3.64. The first-order valence-electron chi connectivity index (χ1n) is 7.23. The van der Waals surface area contributed by atoms with E-state index in [1.807, 2.05) is 25.3 Å². The second-order valence-corrected chi connectivity index (χ2v) is 6.40. The Kier molecular flexibility index (Phi) is 4.87. The Morgan fingerprint density at radius 2 is 2.17 bits per heavy atom. The molecule has 0 aliphatic rings. The number of furan rings is 1. The van der Waals surface area contributed by atoms with Crippen LogP contribution in [0.15, 0.2) is 40.1 Å². The molecular weight excluding hydrogens is 348 g/mol. The van der Waals surface area contributed by atoms with Crippen LogP contribution in [-0.4, -0.2) is 17.5 Å². The van der Waals surface area contributed by atoms with Crippen LogP contribution in [0, 0.1) is 13.8 Å². The van der Waals surface area contributed by atoms with Crippen molar-refractivity contribution in [2.45, 2.75) is 13.8 Å². The highest BCUT2D eigenvalue weighted by Crippen LogP contribution is 2.29. The summed E-state index contributed by atoms with van der Waals surface area (Å²) < 4.78 is 10.9. The summed E-state index contributed by atoms with van der Waals surface area (Å²) in [5.74, 6) is 1.81. The average Bonchev–Trinajstić information content (AvgIpc) is 3.12. The SMILES string of the molecule is Cc1cc(-c2csc(NC(=O)COc3ccccc3Cl)n2)c(C)o1. The zero-order valence-corrected chi connectivity index (χ0v) is 14.7. The third-order valence-corrected chi connectivity index (χ3v) is 4.33. The van der Waals surface area contributed by atoms with Crippen molar-refractivity contribution in [2.75, 3.05) is 11.9 Å². The molecule has 3 aromatic rings. The van der Waals surface area contributed by atoms with Gasteiger partial charge in [-0.05, 0) is 32.0 Å². The monoisotopic (exact) mass is 362 g/mol. The molecule has 124 valence electrons. The lowest BCUT2D eigenvalue weighted by molar-refractivity contribution is -0.118. The smallest absolute Gasteiger partial charge is 0.264 e. The van der Waals surface area contributed by atoms with Gasteiger partial charge in [0.25, 0.3) is 5.91 Å². The van der Waals surface area contributed by atoms with Crippen molar-refractivity contribution in [3.63, 3.8) is 0 Å². The highest BCUT2D eigenvalue weighted by molar-refractivity contribution is 7.14. The number of rotatable bonds is 5. The van der Waals surface area contributed by atoms with E-state index in [1.54, 1.807) is 24.3 Å². The standard InChI is InChI=1S/C17H15ClN2O3S/c1-10-7-12(11(2)23-10)14-9-24-17(19-14)20-16(21)8-22-15-6-4-3-5-13(15)18/h3-7,9H,8H2,1-2H3,(H,19,20,21). The highest BCUT2D eigenvalue weighted by atomic mass is 35.5. The van der Waals surface area contributed by atoms with Gasteiger partial charge in [-0.25, -0.2) is 4.98 Å². The van der Waals surface area contributed by atoms with Crippen molar-refractivity contribution in [1.29, 1.82) is 0 Å². The first kappa shape index (κ1) is 16.5. The van der Waals surface area contributed by atoms with E-state index in [2.05, 4.69) is 10.3 Å². The van der Waals surface area contributed by atoms with Gasteiger partial charge in [-0.1, -0.05) is 23.7 Å². The van der Waals surface area contributed by atoms with E-state index < -0.39 is 0 Å². The van der Waals surface area contributed by atoms with E-state index >= 15 is 0 Å². The molecule has 7 heteroatoms. The van der Waals surface area contributed by atoms with Gasteiger partial charge in [0.1, 0.15) is 17.3 Å². The molecule has 0 saturated heterocycles. The van der Waals surface area contributed by atoms with Crippen LogP contribution in [0.3, 0.4) is 0 Å². The first-order valence-corrected chi connectivity index (χ1v) is 8.49. The van der Waals surface area contributed by atoms with Crippen LogP contribution in [0.5, 0.6) is 5.75 Å². The van der Waals surface area contributed by atoms with Gasteiger partial charge in [-0.3, -0.25) is 10.1 Å². The number of nitrogens with zero attached hydrogens (tertiary/aromatic N) is 1. The maximum absolute atomic E-state index is 12.0. The lowest BCUT2D eigenvalue weighted by Crippen LogP contribution is -2.20. The molecule has 0 radical (unpaired) electrons. The Morgan fingerprint density at radius 3 is 2.88 bits per heavy atom. The molecule has 0 fully saturated rings. The Morgan fingerprint density at radius 1 is 1.38 bits per heavy atom. The second-order valence-electron chi connectivity index (χ2n) is 5.13. The maximum atomic E-state index is 12.0. The number of carbonyl (C=O) groups excluding carboxylic acids is 1. The largest absolute Gasteiger partial charge is 0.482 e. The van der Waals surface area contributed by atoms with Gasteiger partial charge in [-0.2, -0.15) is 0 Å². The van der Waals surface area contributed by atoms with Gasteiger partial charge in [0.05, 0.1) is 10.7 Å². The molecule has 1 amide bonds. The molecule has 24 heavy (non-hydrogen) atoms. The number of amides is 1. The number of thiazole rings is 1. The van der Waals surface area contributed by atoms with Crippen molar-refractivity contribution < 1.29 is 13.9 Å². The Balaban J connectivity index is 1.61. The minimum absolute atomic E-state index is 0.136. The number of nitrogens with one attached hydrogen (secondary N) is 1. The molecule has 0 saturated carbocycles. The van der Waals surface area contributed by atoms with Gasteiger partial charge in [0.15, 0.2) is 11.7 Å². The molecular formula is C17H15ClN2O3S. The van der Waals surface area contributed by atoms with Crippen LogP contribution in [-0.2, 0) is 4.79 Å². The summed E-state index contributed by atoms with van der Waals surface area (Å²) in [5, 5.41) is 5.57. The van der Waals surface area contributed by atoms with Crippen LogP contribution in [0.2, 0.25) is 5.02 Å². The summed E-state index contributed by atoms with van der Waals surface area (Å²) in [6.07, 6.45) is 0. The molecule has 2 aromatic heterocycles. The highest BCUT2D eigenvalue weighted by Gasteiger charge is 2.13. The topological polar surface area (TPSA) is 64.4 Å². The van der Waals surface area contributed by atoms with E-state index in [9.17, 15) is 4.79 Å². The second kappa shape index (κ2) is 7.07. The van der Waals surface area contributed by atoms with Gasteiger partial charge in [-0.15, -0.1) is 11.3 Å². The lowest BCUT2D eigenvalue weighted by atomic mass is 10.2. The summed E-state index contributed by atoms with van der Waals surface area (Å²) in [4.78, 5) is 16.4. The summed E-state index contributed by atoms with van der Waals surface area (Å²) in [5.41, 5.74) is 1.70. The Bertz CT molecular complexity index is 872. The number of ether oxygens (including phenoxy) is 1. The quantitative estimate of drug-likeness (QED) is 0.715. The molecule has 0 atom stereocenters. The van der Waals surface area contributed by atoms with Crippen LogP contribution < -0.4 is 10.1 Å². The number of halogens is 1. The van der Waals surface area contributed by atoms with Gasteiger partial charge in [0.2, 0.25) is 0 Å². The summed E-state index contributed by atoms with van der Waals surface area (Å²) >= 11 is 7.33. The third kappa shape index (κ3) is 3.77. The number of hydrogen-bond acceptors (Lipinski definition) is 5. The minimum atomic E-state index is -0.295. The van der Waals surface area contributed by atoms with E-state index in [0.29, 0.717) is 15.9 Å². The fourth-order valence-corrected chi connectivity index (χ4v) is 3.12. The van der Waals surface area contributed by atoms with Gasteiger partial charge < -0.3 is 9.15 Å². The number of benzene rings is 1. The predicted octanol–water partition coefficient (Wildman–Crippen LogP) is 4.69. The zero-order chi connectivity index (χ0) is 17.1. The van der Waals surface area contributed by atoms with Crippen molar-refractivity contribution in [3.8, 4) is 17.0 Å². The number of aromatic nitrogens is 1. The third-order valence-electron chi connectivity index (χ3n) is 3.26. The van der Waals surface area contributed by atoms with Crippen molar-refractivity contribution in [2.24, 2.45) is 0 Å². The van der Waals surface area contributed by atoms with E-state index in [1.165, 1.54) is 11.3 Å². The van der Waals surface area contributed by atoms with Gasteiger partial charge >= 0.3 is 0 Å². The summed E-state index contributed by atoms with van der Waals surface area (Å²) in [6, 6.07) is 8.93. The molecule has 0 bridgehead atoms. The molecule has 5 nitrogen and oxygen atoms in total. The van der Waals surface area contributed by atoms with Crippen LogP contribution in [0.1, 0.15) is 11.5 Å². The van der Waals surface area contributed by atoms with Crippen LogP contribution in [0.25, 0.3) is 11.3 Å². The van der Waals surface area contributed by atoms with Crippen LogP contribution in [0.4, 0.5) is 5.13 Å². The molecule has 0 aliphatic heterocycles. The fraction of sp³-hybridized carbons (Fsp3) is 0.176. The van der Waals surface area contributed by atoms with Crippen molar-refractivity contribution in [3.05, 3.63) is 52.3 Å². The van der Waals surface area contributed by atoms with Gasteiger partial charge in [0, 0.05) is 10.9 Å². The van der Waals surface area contributed by atoms with Crippen molar-refractivity contribution >= 4 is 34.0 Å². The Hall–Kier alpha value is -2.31. The molecule has 0 spiro atoms. The molecule has 3 rings (SSSR count). The fourth-order valence-electron chi connectivity index (χ4n) is 2.20. The number of para-hydroxylation sites is 1. The normalized spacial score (nSPS) is 10.6. The molecule has 1 N–H and O–H groups in total. The lowest BCUT2D eigenvalue weighted by Gasteiger charge is -2.06. The molecule has 2 heterocycles. The minimum Gasteiger partial charge on any atom is -0.482 e. The van der Waals surface area contributed by atoms with Crippen molar-refractivity contribution in [1.82, 2.24) is 4.98 Å². The average molecular weight is 363 g/mol. The molecule has 0 aliphatic carbocycles. The van der Waals surface area contributed by atoms with Crippen LogP contribution >= 0.6 is 22.9 Å². The molecule has 0 unspecified atom stereocenters. The Labute approximate surface area is 148 Å².